The predicted molar refractivity (Wildman–Crippen MR) is 67.3 cm³/mol. The molecule has 0 saturated heterocycles. The summed E-state index contributed by atoms with van der Waals surface area (Å²) in [6.07, 6.45) is 12.6. The zero-order chi connectivity index (χ0) is 9.64. The van der Waals surface area contributed by atoms with Crippen molar-refractivity contribution in [3.8, 4) is 0 Å². The van der Waals surface area contributed by atoms with Gasteiger partial charge in [-0.3, -0.25) is 9.98 Å². The van der Waals surface area contributed by atoms with E-state index >= 15 is 0 Å². The molecule has 4 heteroatoms. The molecular formula is C10H12N2S2. The Hall–Kier alpha value is -0.480. The topological polar surface area (TPSA) is 24.7 Å². The molecule has 0 aromatic heterocycles. The van der Waals surface area contributed by atoms with Crippen LogP contribution in [0.1, 0.15) is 12.8 Å². The highest BCUT2D eigenvalue weighted by Crippen LogP contribution is 2.31. The first-order valence-corrected chi connectivity index (χ1v) is 6.89. The number of hydrogen-bond donors (Lipinski definition) is 0. The Morgan fingerprint density at radius 1 is 1.36 bits per heavy atom. The van der Waals surface area contributed by atoms with Gasteiger partial charge in [-0.05, 0) is 23.3 Å². The van der Waals surface area contributed by atoms with E-state index in [1.165, 1.54) is 0 Å². The molecule has 2 heterocycles. The maximum absolute atomic E-state index is 4.41. The third-order valence-electron chi connectivity index (χ3n) is 1.85. The Bertz CT molecular complexity index is 293. The van der Waals surface area contributed by atoms with Gasteiger partial charge < -0.3 is 0 Å². The molecule has 2 aliphatic heterocycles. The molecule has 2 nitrogen and oxygen atoms in total. The number of allylic oxidation sites excluding steroid dienone is 1. The fraction of sp³-hybridized carbons (Fsp3) is 0.400. The van der Waals surface area contributed by atoms with E-state index in [1.54, 1.807) is 21.6 Å². The average Bonchev–Trinajstić information content (AvgIpc) is 2.29. The third-order valence-corrected chi connectivity index (χ3v) is 4.25. The molecular weight excluding hydrogens is 212 g/mol. The second kappa shape index (κ2) is 5.41. The Labute approximate surface area is 92.1 Å². The van der Waals surface area contributed by atoms with E-state index in [4.69, 9.17) is 0 Å². The van der Waals surface area contributed by atoms with Gasteiger partial charge in [0, 0.05) is 19.2 Å². The van der Waals surface area contributed by atoms with Crippen LogP contribution in [0.2, 0.25) is 0 Å². The SMILES string of the molecule is C1=CC(SSC2=NCCC=C2)N=CC1. The van der Waals surface area contributed by atoms with Crippen molar-refractivity contribution in [2.24, 2.45) is 9.98 Å². The molecule has 0 aromatic rings. The summed E-state index contributed by atoms with van der Waals surface area (Å²) in [6.45, 7) is 0.934. The summed E-state index contributed by atoms with van der Waals surface area (Å²) >= 11 is 0. The predicted octanol–water partition coefficient (Wildman–Crippen LogP) is 3.08. The molecule has 1 unspecified atom stereocenters. The monoisotopic (exact) mass is 224 g/mol. The third kappa shape index (κ3) is 3.03. The zero-order valence-corrected chi connectivity index (χ0v) is 9.43. The molecule has 2 rings (SSSR count). The summed E-state index contributed by atoms with van der Waals surface area (Å²) < 4.78 is 0. The summed E-state index contributed by atoms with van der Waals surface area (Å²) in [7, 11) is 3.47. The van der Waals surface area contributed by atoms with Crippen LogP contribution in [-0.2, 0) is 0 Å². The lowest BCUT2D eigenvalue weighted by Crippen LogP contribution is -1.99. The van der Waals surface area contributed by atoms with E-state index in [0.29, 0.717) is 0 Å². The molecule has 0 aliphatic carbocycles. The van der Waals surface area contributed by atoms with Gasteiger partial charge in [-0.1, -0.05) is 29.0 Å². The van der Waals surface area contributed by atoms with E-state index in [-0.39, 0.29) is 5.37 Å². The largest absolute Gasteiger partial charge is 0.278 e. The van der Waals surface area contributed by atoms with Gasteiger partial charge in [0.05, 0.1) is 0 Å². The summed E-state index contributed by atoms with van der Waals surface area (Å²) in [5, 5.41) is 1.39. The van der Waals surface area contributed by atoms with Crippen LogP contribution in [0.3, 0.4) is 0 Å². The van der Waals surface area contributed by atoms with Gasteiger partial charge in [0.2, 0.25) is 0 Å². The second-order valence-corrected chi connectivity index (χ2v) is 5.31. The minimum absolute atomic E-state index is 0.270. The summed E-state index contributed by atoms with van der Waals surface area (Å²) in [5.74, 6) is 0. The number of hydrogen-bond acceptors (Lipinski definition) is 4. The van der Waals surface area contributed by atoms with E-state index < -0.39 is 0 Å². The molecule has 0 spiro atoms. The van der Waals surface area contributed by atoms with Gasteiger partial charge in [0.25, 0.3) is 0 Å². The molecule has 0 bridgehead atoms. The molecule has 74 valence electrons. The fourth-order valence-electron chi connectivity index (χ4n) is 1.17. The molecule has 14 heavy (non-hydrogen) atoms. The highest BCUT2D eigenvalue weighted by Gasteiger charge is 2.07. The normalized spacial score (nSPS) is 25.1. The lowest BCUT2D eigenvalue weighted by Gasteiger charge is -2.10. The number of aliphatic imine (C=N–C) groups is 2. The van der Waals surface area contributed by atoms with Gasteiger partial charge in [-0.2, -0.15) is 0 Å². The van der Waals surface area contributed by atoms with Gasteiger partial charge >= 0.3 is 0 Å². The molecule has 1 atom stereocenters. The van der Waals surface area contributed by atoms with Crippen molar-refractivity contribution in [3.63, 3.8) is 0 Å². The van der Waals surface area contributed by atoms with Crippen molar-refractivity contribution >= 4 is 32.8 Å². The Morgan fingerprint density at radius 2 is 2.36 bits per heavy atom. The van der Waals surface area contributed by atoms with Crippen molar-refractivity contribution in [2.75, 3.05) is 6.54 Å². The molecule has 0 N–H and O–H groups in total. The fourth-order valence-corrected chi connectivity index (χ4v) is 3.23. The standard InChI is InChI=1S/C10H12N2S2/c1-3-7-11-9(5-1)13-14-10-6-2-4-8-12-10/h1-2,5-7,9H,3-4,8H2. The van der Waals surface area contributed by atoms with Crippen LogP contribution >= 0.6 is 21.6 Å². The Kier molecular flexibility index (Phi) is 3.89. The molecule has 0 aromatic carbocycles. The zero-order valence-electron chi connectivity index (χ0n) is 7.80. The summed E-state index contributed by atoms with van der Waals surface area (Å²) in [4.78, 5) is 8.77. The maximum Gasteiger partial charge on any atom is 0.123 e. The smallest absolute Gasteiger partial charge is 0.123 e. The van der Waals surface area contributed by atoms with Crippen molar-refractivity contribution in [1.82, 2.24) is 0 Å². The first-order chi connectivity index (χ1) is 6.95. The molecule has 2 aliphatic rings. The molecule has 0 saturated carbocycles. The minimum atomic E-state index is 0.270. The molecule has 0 fully saturated rings. The van der Waals surface area contributed by atoms with Crippen molar-refractivity contribution in [2.45, 2.75) is 18.2 Å². The average molecular weight is 224 g/mol. The summed E-state index contributed by atoms with van der Waals surface area (Å²) in [6, 6.07) is 0. The molecule has 0 radical (unpaired) electrons. The highest BCUT2D eigenvalue weighted by atomic mass is 33.1. The quantitative estimate of drug-likeness (QED) is 0.532. The van der Waals surface area contributed by atoms with Gasteiger partial charge in [-0.25, -0.2) is 0 Å². The van der Waals surface area contributed by atoms with Crippen molar-refractivity contribution in [1.29, 1.82) is 0 Å². The van der Waals surface area contributed by atoms with Crippen LogP contribution in [0.25, 0.3) is 0 Å². The highest BCUT2D eigenvalue weighted by molar-refractivity contribution is 8.82. The van der Waals surface area contributed by atoms with Crippen LogP contribution in [0.4, 0.5) is 0 Å². The Morgan fingerprint density at radius 3 is 3.07 bits per heavy atom. The minimum Gasteiger partial charge on any atom is -0.278 e. The number of dihydropyridines is 2. The van der Waals surface area contributed by atoms with Gasteiger partial charge in [0.15, 0.2) is 0 Å². The first kappa shape index (κ1) is 10.1. The van der Waals surface area contributed by atoms with Crippen LogP contribution in [0.15, 0.2) is 34.3 Å². The lowest BCUT2D eigenvalue weighted by molar-refractivity contribution is 1.000. The van der Waals surface area contributed by atoms with Gasteiger partial charge in [0.1, 0.15) is 10.4 Å². The van der Waals surface area contributed by atoms with E-state index in [2.05, 4.69) is 34.3 Å². The summed E-state index contributed by atoms with van der Waals surface area (Å²) in [5.41, 5.74) is 0. The second-order valence-electron chi connectivity index (χ2n) is 2.98. The number of nitrogens with zero attached hydrogens (tertiary/aromatic N) is 2. The number of rotatable bonds is 2. The van der Waals surface area contributed by atoms with Crippen LogP contribution in [-0.4, -0.2) is 23.2 Å². The van der Waals surface area contributed by atoms with Crippen molar-refractivity contribution < 1.29 is 0 Å². The van der Waals surface area contributed by atoms with Crippen LogP contribution in [0.5, 0.6) is 0 Å². The van der Waals surface area contributed by atoms with Gasteiger partial charge in [-0.15, -0.1) is 0 Å². The van der Waals surface area contributed by atoms with E-state index in [0.717, 1.165) is 24.4 Å². The maximum atomic E-state index is 4.41. The van der Waals surface area contributed by atoms with Crippen molar-refractivity contribution in [3.05, 3.63) is 24.3 Å². The molecule has 0 amide bonds. The van der Waals surface area contributed by atoms with Crippen LogP contribution < -0.4 is 0 Å². The van der Waals surface area contributed by atoms with E-state index in [1.807, 2.05) is 6.21 Å². The Balaban J connectivity index is 1.79. The van der Waals surface area contributed by atoms with E-state index in [9.17, 15) is 0 Å². The lowest BCUT2D eigenvalue weighted by atomic mass is 10.3. The first-order valence-electron chi connectivity index (χ1n) is 4.68. The van der Waals surface area contributed by atoms with Crippen LogP contribution in [0, 0.1) is 0 Å².